The Morgan fingerprint density at radius 2 is 2.22 bits per heavy atom. The molecule has 1 saturated heterocycles. The fourth-order valence-electron chi connectivity index (χ4n) is 2.92. The third kappa shape index (κ3) is 3.73. The summed E-state index contributed by atoms with van der Waals surface area (Å²) in [7, 11) is 0. The number of pyridine rings is 1. The first-order chi connectivity index (χ1) is 11.0. The van der Waals surface area contributed by atoms with E-state index in [9.17, 15) is 0 Å². The summed E-state index contributed by atoms with van der Waals surface area (Å²) in [5.41, 5.74) is 4.50. The van der Waals surface area contributed by atoms with E-state index in [1.165, 1.54) is 0 Å². The molecule has 3 rings (SSSR count). The number of nitrogens with one attached hydrogen (secondary N) is 2. The van der Waals surface area contributed by atoms with Gasteiger partial charge in [-0.1, -0.05) is 11.6 Å². The molecule has 0 spiro atoms. The maximum atomic E-state index is 6.14. The van der Waals surface area contributed by atoms with Crippen molar-refractivity contribution < 1.29 is 4.74 Å². The molecule has 0 aliphatic carbocycles. The van der Waals surface area contributed by atoms with E-state index in [0.717, 1.165) is 18.8 Å². The van der Waals surface area contributed by atoms with Gasteiger partial charge in [0.1, 0.15) is 5.69 Å². The summed E-state index contributed by atoms with van der Waals surface area (Å²) in [6, 6.07) is 2.51. The zero-order valence-electron chi connectivity index (χ0n) is 13.2. The minimum Gasteiger partial charge on any atom is -0.489 e. The van der Waals surface area contributed by atoms with Crippen LogP contribution in [0, 0.1) is 0 Å². The summed E-state index contributed by atoms with van der Waals surface area (Å²) in [6.45, 7) is 6.57. The van der Waals surface area contributed by atoms with E-state index < -0.39 is 0 Å². The van der Waals surface area contributed by atoms with Gasteiger partial charge in [0.25, 0.3) is 0 Å². The van der Waals surface area contributed by atoms with E-state index in [2.05, 4.69) is 39.6 Å². The summed E-state index contributed by atoms with van der Waals surface area (Å²) >= 11 is 11.6. The van der Waals surface area contributed by atoms with Crippen LogP contribution in [0.4, 0.5) is 0 Å². The van der Waals surface area contributed by atoms with Crippen LogP contribution in [0.25, 0.3) is 0 Å². The number of nitrogens with zero attached hydrogens (tertiary/aromatic N) is 3. The fourth-order valence-corrected chi connectivity index (χ4v) is 3.32. The van der Waals surface area contributed by atoms with Gasteiger partial charge >= 0.3 is 0 Å². The predicted octanol–water partition coefficient (Wildman–Crippen LogP) is 1.78. The highest BCUT2D eigenvalue weighted by molar-refractivity contribution is 7.80. The normalized spacial score (nSPS) is 25.7. The van der Waals surface area contributed by atoms with Crippen molar-refractivity contribution in [1.29, 1.82) is 0 Å². The molecule has 1 aromatic rings. The molecule has 0 saturated carbocycles. The van der Waals surface area contributed by atoms with Crippen molar-refractivity contribution in [1.82, 2.24) is 20.6 Å². The van der Waals surface area contributed by atoms with Crippen molar-refractivity contribution in [3.8, 4) is 5.75 Å². The molecule has 0 bridgehead atoms. The highest BCUT2D eigenvalue weighted by Gasteiger charge is 2.24. The van der Waals surface area contributed by atoms with Crippen molar-refractivity contribution in [3.63, 3.8) is 0 Å². The molecule has 124 valence electrons. The Labute approximate surface area is 146 Å². The van der Waals surface area contributed by atoms with Crippen LogP contribution in [-0.2, 0) is 0 Å². The van der Waals surface area contributed by atoms with E-state index in [4.69, 9.17) is 28.6 Å². The number of thiocarbonyl (C=S) groups is 1. The summed E-state index contributed by atoms with van der Waals surface area (Å²) in [6.07, 6.45) is 2.33. The third-order valence-electron chi connectivity index (χ3n) is 3.85. The number of fused-ring (bicyclic) bond motifs is 1. The fraction of sp³-hybridized carbons (Fsp3) is 0.533. The molecule has 3 heterocycles. The molecule has 1 aromatic heterocycles. The minimum atomic E-state index is 0.399. The van der Waals surface area contributed by atoms with Crippen LogP contribution in [0.5, 0.6) is 5.75 Å². The molecule has 0 amide bonds. The maximum absolute atomic E-state index is 6.14. The Kier molecular flexibility index (Phi) is 4.99. The predicted molar refractivity (Wildman–Crippen MR) is 95.3 cm³/mol. The van der Waals surface area contributed by atoms with Crippen molar-refractivity contribution in [3.05, 3.63) is 23.0 Å². The van der Waals surface area contributed by atoms with Gasteiger partial charge in [-0.05, 0) is 32.1 Å². The van der Waals surface area contributed by atoms with Gasteiger partial charge in [-0.2, -0.15) is 5.10 Å². The molecule has 6 nitrogen and oxygen atoms in total. The quantitative estimate of drug-likeness (QED) is 0.593. The number of hydrogen-bond donors (Lipinski definition) is 2. The molecule has 0 radical (unpaired) electrons. The van der Waals surface area contributed by atoms with Crippen molar-refractivity contribution in [2.24, 2.45) is 5.10 Å². The number of halogens is 1. The lowest BCUT2D eigenvalue weighted by Gasteiger charge is -2.37. The lowest BCUT2D eigenvalue weighted by atomic mass is 10.1. The highest BCUT2D eigenvalue weighted by Crippen LogP contribution is 2.30. The zero-order valence-corrected chi connectivity index (χ0v) is 14.7. The topological polar surface area (TPSA) is 61.8 Å². The lowest BCUT2D eigenvalue weighted by molar-refractivity contribution is 0.253. The second-order valence-corrected chi connectivity index (χ2v) is 6.71. The largest absolute Gasteiger partial charge is 0.489 e. The Morgan fingerprint density at radius 1 is 1.48 bits per heavy atom. The lowest BCUT2D eigenvalue weighted by Crippen LogP contribution is -2.57. The molecule has 8 heteroatoms. The standard InChI is InChI=1S/C15H20ClN5OS/c1-9-7-21(8-10(2)18-9)15(23)20-19-12-4-6-22-14-11(16)3-5-17-13(12)14/h3,5,9-10,18H,4,6-8H2,1-2H3,(H,20,23)/b19-12-/t9-,10+. The van der Waals surface area contributed by atoms with Crippen LogP contribution in [0.2, 0.25) is 5.02 Å². The van der Waals surface area contributed by atoms with Gasteiger partial charge in [0, 0.05) is 37.8 Å². The van der Waals surface area contributed by atoms with Gasteiger partial charge in [0.05, 0.1) is 17.3 Å². The molecule has 0 aromatic carbocycles. The number of piperazine rings is 1. The van der Waals surface area contributed by atoms with Crippen molar-refractivity contribution >= 4 is 34.6 Å². The van der Waals surface area contributed by atoms with Gasteiger partial charge in [0.2, 0.25) is 0 Å². The Hall–Kier alpha value is -1.44. The highest BCUT2D eigenvalue weighted by atomic mass is 35.5. The summed E-state index contributed by atoms with van der Waals surface area (Å²) in [5.74, 6) is 0.594. The number of hydrazone groups is 1. The van der Waals surface area contributed by atoms with Crippen LogP contribution in [0.3, 0.4) is 0 Å². The second-order valence-electron chi connectivity index (χ2n) is 5.92. The smallest absolute Gasteiger partial charge is 0.189 e. The zero-order chi connectivity index (χ0) is 16.4. The summed E-state index contributed by atoms with van der Waals surface area (Å²) in [5, 5.41) is 9.12. The van der Waals surface area contributed by atoms with Crippen LogP contribution in [-0.4, -0.2) is 52.5 Å². The molecular weight excluding hydrogens is 334 g/mol. The number of hydrogen-bond acceptors (Lipinski definition) is 5. The third-order valence-corrected chi connectivity index (χ3v) is 4.49. The van der Waals surface area contributed by atoms with Crippen LogP contribution < -0.4 is 15.5 Å². The van der Waals surface area contributed by atoms with Gasteiger partial charge in [-0.15, -0.1) is 0 Å². The van der Waals surface area contributed by atoms with E-state index in [1.54, 1.807) is 12.3 Å². The number of rotatable bonds is 1. The molecule has 2 aliphatic rings. The van der Waals surface area contributed by atoms with Crippen LogP contribution in [0.15, 0.2) is 17.4 Å². The molecule has 23 heavy (non-hydrogen) atoms. The average Bonchev–Trinajstić information content (AvgIpc) is 2.52. The van der Waals surface area contributed by atoms with Crippen molar-refractivity contribution in [2.75, 3.05) is 19.7 Å². The van der Waals surface area contributed by atoms with E-state index in [-0.39, 0.29) is 0 Å². The van der Waals surface area contributed by atoms with E-state index >= 15 is 0 Å². The number of ether oxygens (including phenoxy) is 1. The Balaban J connectivity index is 1.71. The molecule has 1 fully saturated rings. The maximum Gasteiger partial charge on any atom is 0.189 e. The Bertz CT molecular complexity index is 628. The molecule has 2 atom stereocenters. The van der Waals surface area contributed by atoms with E-state index in [0.29, 0.717) is 46.7 Å². The SMILES string of the molecule is C[C@@H]1CN(C(=S)N/N=C2/CCOc3c(Cl)ccnc32)C[C@H](C)N1. The first kappa shape index (κ1) is 16.4. The first-order valence-electron chi connectivity index (χ1n) is 7.70. The van der Waals surface area contributed by atoms with Crippen molar-refractivity contribution in [2.45, 2.75) is 32.4 Å². The van der Waals surface area contributed by atoms with Crippen LogP contribution >= 0.6 is 23.8 Å². The first-order valence-corrected chi connectivity index (χ1v) is 8.48. The van der Waals surface area contributed by atoms with Gasteiger partial charge < -0.3 is 15.0 Å². The average molecular weight is 354 g/mol. The van der Waals surface area contributed by atoms with E-state index in [1.807, 2.05) is 0 Å². The van der Waals surface area contributed by atoms with Gasteiger partial charge in [-0.3, -0.25) is 10.4 Å². The molecule has 2 N–H and O–H groups in total. The Morgan fingerprint density at radius 3 is 2.96 bits per heavy atom. The second kappa shape index (κ2) is 6.98. The molecule has 0 unspecified atom stereocenters. The van der Waals surface area contributed by atoms with Crippen LogP contribution in [0.1, 0.15) is 26.0 Å². The summed E-state index contributed by atoms with van der Waals surface area (Å²) < 4.78 is 5.58. The minimum absolute atomic E-state index is 0.399. The van der Waals surface area contributed by atoms with Gasteiger partial charge in [0.15, 0.2) is 10.9 Å². The summed E-state index contributed by atoms with van der Waals surface area (Å²) in [4.78, 5) is 6.46. The number of aromatic nitrogens is 1. The molecule has 2 aliphatic heterocycles. The molecular formula is C15H20ClN5OS. The van der Waals surface area contributed by atoms with Gasteiger partial charge in [-0.25, -0.2) is 0 Å². The monoisotopic (exact) mass is 353 g/mol.